The van der Waals surface area contributed by atoms with E-state index >= 15 is 0 Å². The van der Waals surface area contributed by atoms with E-state index in [0.717, 1.165) is 21.3 Å². The van der Waals surface area contributed by atoms with Gasteiger partial charge >= 0.3 is 0 Å². The second-order valence-corrected chi connectivity index (χ2v) is 7.92. The maximum atomic E-state index is 6.20. The van der Waals surface area contributed by atoms with Crippen molar-refractivity contribution in [3.63, 3.8) is 0 Å². The number of hydrogen-bond donors (Lipinski definition) is 1. The average molecular weight is 481 g/mol. The zero-order valence-electron chi connectivity index (χ0n) is 15.6. The summed E-state index contributed by atoms with van der Waals surface area (Å²) in [7, 11) is 1.64. The first-order valence-corrected chi connectivity index (χ1v) is 10.3. The fourth-order valence-electron chi connectivity index (χ4n) is 2.78. The molecule has 3 nitrogen and oxygen atoms in total. The van der Waals surface area contributed by atoms with Crippen molar-refractivity contribution in [3.05, 3.63) is 85.8 Å². The SMILES string of the molecule is COc1ccc(Br)c(CNc2ccc(Cl)c(Cl)c2)c1OCc1ccccc1C. The van der Waals surface area contributed by atoms with Crippen LogP contribution >= 0.6 is 39.1 Å². The zero-order valence-corrected chi connectivity index (χ0v) is 18.7. The van der Waals surface area contributed by atoms with Crippen molar-refractivity contribution in [2.75, 3.05) is 12.4 Å². The molecule has 1 N–H and O–H groups in total. The Morgan fingerprint density at radius 3 is 2.50 bits per heavy atom. The predicted molar refractivity (Wildman–Crippen MR) is 120 cm³/mol. The monoisotopic (exact) mass is 479 g/mol. The van der Waals surface area contributed by atoms with Gasteiger partial charge in [0.1, 0.15) is 6.61 Å². The minimum atomic E-state index is 0.458. The Hall–Kier alpha value is -1.88. The number of anilines is 1. The summed E-state index contributed by atoms with van der Waals surface area (Å²) in [6.07, 6.45) is 0. The van der Waals surface area contributed by atoms with Crippen molar-refractivity contribution >= 4 is 44.8 Å². The summed E-state index contributed by atoms with van der Waals surface area (Å²) in [6.45, 7) is 3.06. The minimum Gasteiger partial charge on any atom is -0.493 e. The van der Waals surface area contributed by atoms with Gasteiger partial charge in [-0.1, -0.05) is 63.4 Å². The highest BCUT2D eigenvalue weighted by molar-refractivity contribution is 9.10. The Bertz CT molecular complexity index is 979. The molecule has 146 valence electrons. The van der Waals surface area contributed by atoms with Crippen molar-refractivity contribution in [2.24, 2.45) is 0 Å². The minimum absolute atomic E-state index is 0.458. The highest BCUT2D eigenvalue weighted by atomic mass is 79.9. The van der Waals surface area contributed by atoms with Crippen molar-refractivity contribution in [1.29, 1.82) is 0 Å². The van der Waals surface area contributed by atoms with Crippen molar-refractivity contribution in [3.8, 4) is 11.5 Å². The van der Waals surface area contributed by atoms with Gasteiger partial charge in [-0.2, -0.15) is 0 Å². The molecule has 0 aliphatic carbocycles. The van der Waals surface area contributed by atoms with Gasteiger partial charge in [-0.15, -0.1) is 0 Å². The van der Waals surface area contributed by atoms with Crippen LogP contribution in [0.4, 0.5) is 5.69 Å². The van der Waals surface area contributed by atoms with Crippen LogP contribution < -0.4 is 14.8 Å². The number of hydrogen-bond acceptors (Lipinski definition) is 3. The maximum absolute atomic E-state index is 6.20. The highest BCUT2D eigenvalue weighted by Crippen LogP contribution is 2.37. The molecule has 0 heterocycles. The zero-order chi connectivity index (χ0) is 20.1. The van der Waals surface area contributed by atoms with E-state index in [1.165, 1.54) is 5.56 Å². The van der Waals surface area contributed by atoms with Crippen LogP contribution in [0.3, 0.4) is 0 Å². The molecule has 0 aliphatic heterocycles. The highest BCUT2D eigenvalue weighted by Gasteiger charge is 2.15. The van der Waals surface area contributed by atoms with Crippen molar-refractivity contribution < 1.29 is 9.47 Å². The standard InChI is InChI=1S/C22H20BrCl2NO2/c1-14-5-3-4-6-15(14)13-28-22-17(18(23)8-10-21(22)27-2)12-26-16-7-9-19(24)20(25)11-16/h3-11,26H,12-13H2,1-2H3. The first kappa shape index (κ1) is 20.8. The molecule has 0 atom stereocenters. The molecule has 0 amide bonds. The van der Waals surface area contributed by atoms with Gasteiger partial charge in [0.15, 0.2) is 11.5 Å². The van der Waals surface area contributed by atoms with Crippen LogP contribution in [0, 0.1) is 6.92 Å². The molecule has 0 spiro atoms. The van der Waals surface area contributed by atoms with Gasteiger partial charge in [-0.3, -0.25) is 0 Å². The average Bonchev–Trinajstić information content (AvgIpc) is 2.69. The number of aryl methyl sites for hydroxylation is 1. The summed E-state index contributed by atoms with van der Waals surface area (Å²) in [6, 6.07) is 17.5. The molecular weight excluding hydrogens is 461 g/mol. The van der Waals surface area contributed by atoms with Gasteiger partial charge in [-0.05, 0) is 48.4 Å². The molecule has 0 bridgehead atoms. The fraction of sp³-hybridized carbons (Fsp3) is 0.182. The number of nitrogens with one attached hydrogen (secondary N) is 1. The molecule has 3 rings (SSSR count). The lowest BCUT2D eigenvalue weighted by molar-refractivity contribution is 0.281. The molecule has 0 aromatic heterocycles. The lowest BCUT2D eigenvalue weighted by Gasteiger charge is -2.18. The molecule has 0 fully saturated rings. The summed E-state index contributed by atoms with van der Waals surface area (Å²) >= 11 is 15.7. The number of benzene rings is 3. The van der Waals surface area contributed by atoms with E-state index in [0.29, 0.717) is 34.7 Å². The van der Waals surface area contributed by atoms with Crippen LogP contribution in [0.2, 0.25) is 10.0 Å². The third kappa shape index (κ3) is 4.93. The summed E-state index contributed by atoms with van der Waals surface area (Å²) in [5.41, 5.74) is 4.15. The molecule has 0 unspecified atom stereocenters. The topological polar surface area (TPSA) is 30.5 Å². The largest absolute Gasteiger partial charge is 0.493 e. The maximum Gasteiger partial charge on any atom is 0.167 e. The molecule has 3 aromatic rings. The van der Waals surface area contributed by atoms with E-state index < -0.39 is 0 Å². The number of halogens is 3. The van der Waals surface area contributed by atoms with Crippen LogP contribution in [0.15, 0.2) is 59.1 Å². The molecule has 6 heteroatoms. The normalized spacial score (nSPS) is 10.6. The molecular formula is C22H20BrCl2NO2. The quantitative estimate of drug-likeness (QED) is 0.385. The van der Waals surface area contributed by atoms with Gasteiger partial charge in [0.25, 0.3) is 0 Å². The predicted octanol–water partition coefficient (Wildman–Crippen LogP) is 7.26. The lowest BCUT2D eigenvalue weighted by Crippen LogP contribution is -2.07. The molecule has 28 heavy (non-hydrogen) atoms. The van der Waals surface area contributed by atoms with Crippen LogP contribution in [0.5, 0.6) is 11.5 Å². The van der Waals surface area contributed by atoms with Crippen molar-refractivity contribution in [1.82, 2.24) is 0 Å². The number of ether oxygens (including phenoxy) is 2. The van der Waals surface area contributed by atoms with Crippen molar-refractivity contribution in [2.45, 2.75) is 20.1 Å². The molecule has 0 saturated heterocycles. The number of methoxy groups -OCH3 is 1. The Balaban J connectivity index is 1.85. The van der Waals surface area contributed by atoms with Gasteiger partial charge in [0, 0.05) is 22.3 Å². The second kappa shape index (κ2) is 9.55. The number of rotatable bonds is 7. The van der Waals surface area contributed by atoms with Crippen LogP contribution in [0.25, 0.3) is 0 Å². The van der Waals surface area contributed by atoms with E-state index in [1.54, 1.807) is 19.2 Å². The fourth-order valence-corrected chi connectivity index (χ4v) is 3.54. The van der Waals surface area contributed by atoms with Gasteiger partial charge in [0.05, 0.1) is 17.2 Å². The first-order valence-electron chi connectivity index (χ1n) is 8.71. The second-order valence-electron chi connectivity index (χ2n) is 6.25. The summed E-state index contributed by atoms with van der Waals surface area (Å²) in [5.74, 6) is 1.38. The van der Waals surface area contributed by atoms with Crippen LogP contribution in [0.1, 0.15) is 16.7 Å². The van der Waals surface area contributed by atoms with E-state index in [1.807, 2.05) is 30.3 Å². The Morgan fingerprint density at radius 1 is 1.00 bits per heavy atom. The first-order chi connectivity index (χ1) is 13.5. The Morgan fingerprint density at radius 2 is 1.79 bits per heavy atom. The van der Waals surface area contributed by atoms with Crippen LogP contribution in [-0.4, -0.2) is 7.11 Å². The third-order valence-electron chi connectivity index (χ3n) is 4.41. The summed E-state index contributed by atoms with van der Waals surface area (Å²) in [4.78, 5) is 0. The van der Waals surface area contributed by atoms with Gasteiger partial charge in [0.2, 0.25) is 0 Å². The van der Waals surface area contributed by atoms with Crippen LogP contribution in [-0.2, 0) is 13.2 Å². The molecule has 3 aromatic carbocycles. The molecule has 0 aliphatic rings. The van der Waals surface area contributed by atoms with E-state index in [2.05, 4.69) is 40.3 Å². The third-order valence-corrected chi connectivity index (χ3v) is 5.89. The molecule has 0 radical (unpaired) electrons. The van der Waals surface area contributed by atoms with E-state index in [9.17, 15) is 0 Å². The van der Waals surface area contributed by atoms with Gasteiger partial charge < -0.3 is 14.8 Å². The Kier molecular flexibility index (Phi) is 7.11. The molecule has 0 saturated carbocycles. The lowest BCUT2D eigenvalue weighted by atomic mass is 10.1. The Labute approximate surface area is 183 Å². The van der Waals surface area contributed by atoms with E-state index in [4.69, 9.17) is 32.7 Å². The summed E-state index contributed by atoms with van der Waals surface area (Å²) in [5, 5.41) is 4.39. The van der Waals surface area contributed by atoms with E-state index in [-0.39, 0.29) is 0 Å². The van der Waals surface area contributed by atoms with Gasteiger partial charge in [-0.25, -0.2) is 0 Å². The smallest absolute Gasteiger partial charge is 0.167 e. The summed E-state index contributed by atoms with van der Waals surface area (Å²) < 4.78 is 12.7.